The molecule has 1 aliphatic rings. The Morgan fingerprint density at radius 2 is 1.27 bits per heavy atom. The third-order valence-electron chi connectivity index (χ3n) is 6.80. The number of aliphatic hydroxyl groups is 1. The zero-order valence-electron chi connectivity index (χ0n) is 27.3. The normalized spacial score (nSPS) is 14.0. The minimum Gasteiger partial charge on any atom is -0.468 e. The van der Waals surface area contributed by atoms with E-state index >= 15 is 0 Å². The maximum atomic E-state index is 9.31. The van der Waals surface area contributed by atoms with E-state index in [2.05, 4.69) is 22.2 Å². The molecule has 2 atom stereocenters. The van der Waals surface area contributed by atoms with Crippen LogP contribution in [0.5, 0.6) is 11.5 Å². The quantitative estimate of drug-likeness (QED) is 0.0707. The second kappa shape index (κ2) is 17.2. The molecule has 2 aromatic heterocycles. The van der Waals surface area contributed by atoms with Crippen molar-refractivity contribution in [3.8, 4) is 32.6 Å². The van der Waals surface area contributed by atoms with E-state index in [-0.39, 0.29) is 19.7 Å². The molecule has 10 nitrogen and oxygen atoms in total. The van der Waals surface area contributed by atoms with Gasteiger partial charge in [-0.15, -0.1) is 22.7 Å². The molecule has 4 aromatic carbocycles. The van der Waals surface area contributed by atoms with Gasteiger partial charge in [0.05, 0.1) is 39.2 Å². The van der Waals surface area contributed by atoms with Gasteiger partial charge in [-0.1, -0.05) is 0 Å². The van der Waals surface area contributed by atoms with Crippen molar-refractivity contribution in [2.24, 2.45) is 0 Å². The number of thiazole rings is 2. The van der Waals surface area contributed by atoms with Gasteiger partial charge in [-0.05, 0) is 98.8 Å². The van der Waals surface area contributed by atoms with E-state index in [0.29, 0.717) is 12.6 Å². The molecule has 48 heavy (non-hydrogen) atoms. The predicted octanol–water partition coefficient (Wildman–Crippen LogP) is 7.67. The minimum atomic E-state index is -0.372. The number of aliphatic hydroxyl groups excluding tert-OH is 1. The van der Waals surface area contributed by atoms with Crippen molar-refractivity contribution in [3.05, 3.63) is 84.9 Å². The van der Waals surface area contributed by atoms with Gasteiger partial charge in [-0.25, -0.2) is 9.97 Å². The third-order valence-corrected chi connectivity index (χ3v) is 8.93. The molecule has 0 radical (unpaired) electrons. The largest absolute Gasteiger partial charge is 0.468 e. The lowest BCUT2D eigenvalue weighted by atomic mass is 10.2. The Balaban J connectivity index is 0.000000170. The first-order valence-electron chi connectivity index (χ1n) is 15.4. The molecule has 1 fully saturated rings. The number of nitrogens with zero attached hydrogens (tertiary/aromatic N) is 2. The zero-order valence-corrected chi connectivity index (χ0v) is 29.0. The molecule has 1 saturated heterocycles. The van der Waals surface area contributed by atoms with E-state index in [1.807, 2.05) is 84.9 Å². The van der Waals surface area contributed by atoms with Gasteiger partial charge in [0.1, 0.15) is 21.5 Å². The molecule has 4 N–H and O–H groups in total. The molecule has 0 aliphatic carbocycles. The average molecular weight is 689 g/mol. The minimum absolute atomic E-state index is 0.234. The summed E-state index contributed by atoms with van der Waals surface area (Å²) in [7, 11) is 3.20. The monoisotopic (exact) mass is 688 g/mol. The second-order valence-electron chi connectivity index (χ2n) is 11.0. The number of ether oxygens (including phenoxy) is 5. The highest BCUT2D eigenvalue weighted by atomic mass is 32.1. The number of nitrogens with two attached hydrogens (primary N) is 1. The molecule has 3 heterocycles. The maximum absolute atomic E-state index is 9.31. The van der Waals surface area contributed by atoms with E-state index in [0.717, 1.165) is 71.1 Å². The van der Waals surface area contributed by atoms with Crippen LogP contribution in [-0.4, -0.2) is 68.2 Å². The van der Waals surface area contributed by atoms with Crippen LogP contribution in [0.15, 0.2) is 84.9 Å². The van der Waals surface area contributed by atoms with Crippen molar-refractivity contribution in [3.63, 3.8) is 0 Å². The Hall–Kier alpha value is -4.30. The summed E-state index contributed by atoms with van der Waals surface area (Å²) in [6, 6.07) is 27.5. The lowest BCUT2D eigenvalue weighted by Crippen LogP contribution is -2.15. The first-order chi connectivity index (χ1) is 23.3. The first kappa shape index (κ1) is 35.0. The Kier molecular flexibility index (Phi) is 12.5. The molecule has 0 saturated carbocycles. The number of aromatic nitrogens is 2. The fourth-order valence-electron chi connectivity index (χ4n) is 4.21. The Morgan fingerprint density at radius 1 is 0.812 bits per heavy atom. The van der Waals surface area contributed by atoms with Crippen LogP contribution >= 0.6 is 22.7 Å². The molecule has 0 amide bonds. The molecular weight excluding hydrogens is 649 g/mol. The number of rotatable bonds is 11. The van der Waals surface area contributed by atoms with Gasteiger partial charge < -0.3 is 39.8 Å². The number of epoxide rings is 1. The van der Waals surface area contributed by atoms with E-state index in [1.54, 1.807) is 43.8 Å². The van der Waals surface area contributed by atoms with Crippen molar-refractivity contribution in [1.82, 2.24) is 9.97 Å². The number of benzene rings is 4. The smallest absolute Gasteiger partial charge is 0.188 e. The van der Waals surface area contributed by atoms with Gasteiger partial charge in [0.25, 0.3) is 0 Å². The van der Waals surface area contributed by atoms with Gasteiger partial charge in [-0.3, -0.25) is 0 Å². The maximum Gasteiger partial charge on any atom is 0.188 e. The van der Waals surface area contributed by atoms with Crippen LogP contribution in [0.1, 0.15) is 13.8 Å². The topological polar surface area (TPSA) is 134 Å². The van der Waals surface area contributed by atoms with E-state index in [4.69, 9.17) is 29.4 Å². The summed E-state index contributed by atoms with van der Waals surface area (Å²) in [4.78, 5) is 9.30. The average Bonchev–Trinajstić information content (AvgIpc) is 3.58. The van der Waals surface area contributed by atoms with Crippen molar-refractivity contribution in [2.75, 3.05) is 52.0 Å². The zero-order chi connectivity index (χ0) is 33.9. The Bertz CT molecular complexity index is 1870. The molecule has 1 aliphatic heterocycles. The van der Waals surface area contributed by atoms with Crippen molar-refractivity contribution in [2.45, 2.75) is 26.1 Å². The summed E-state index contributed by atoms with van der Waals surface area (Å²) in [5.74, 6) is 1.56. The summed E-state index contributed by atoms with van der Waals surface area (Å²) < 4.78 is 27.6. The van der Waals surface area contributed by atoms with Crippen LogP contribution < -0.4 is 20.5 Å². The summed E-state index contributed by atoms with van der Waals surface area (Å²) in [5, 5.41) is 14.4. The van der Waals surface area contributed by atoms with Crippen LogP contribution in [0.2, 0.25) is 0 Å². The SMILES string of the molecule is CC1CO1.COCOc1ccc2nc(-c3ccc(N)cc3)sc2c1.COCOc1ccc2nc(-c3ccc(NCC(C)O)cc3)sc2c1. The third kappa shape index (κ3) is 10.3. The van der Waals surface area contributed by atoms with Crippen molar-refractivity contribution in [1.29, 1.82) is 0 Å². The molecule has 0 spiro atoms. The lowest BCUT2D eigenvalue weighted by molar-refractivity contribution is 0.0511. The first-order valence-corrected chi connectivity index (χ1v) is 17.0. The number of methoxy groups -OCH3 is 2. The Morgan fingerprint density at radius 3 is 1.69 bits per heavy atom. The fourth-order valence-corrected chi connectivity index (χ4v) is 6.21. The number of fused-ring (bicyclic) bond motifs is 2. The number of hydrogen-bond donors (Lipinski definition) is 3. The highest BCUT2D eigenvalue weighted by Crippen LogP contribution is 2.34. The standard InChI is InChI=1S/C18H20N2O3S.C15H14N2O2S.C3H6O/c1-12(21)10-19-14-5-3-13(4-6-14)18-20-16-8-7-15(23-11-22-2)9-17(16)24-18;1-18-9-19-12-6-7-13-14(8-12)20-15(17-13)10-2-4-11(16)5-3-10;1-3-2-4-3/h3-9,12,19,21H,10-11H2,1-2H3;2-8H,9,16H2,1H3;3H,2H2,1H3. The molecular formula is C36H40N4O6S2. The van der Waals surface area contributed by atoms with Gasteiger partial charge >= 0.3 is 0 Å². The van der Waals surface area contributed by atoms with Gasteiger partial charge in [0, 0.05) is 43.3 Å². The fraction of sp³-hybridized carbons (Fsp3) is 0.278. The highest BCUT2D eigenvalue weighted by molar-refractivity contribution is 7.22. The number of anilines is 2. The molecule has 0 bridgehead atoms. The van der Waals surface area contributed by atoms with Crippen LogP contribution in [0, 0.1) is 0 Å². The summed E-state index contributed by atoms with van der Waals surface area (Å²) in [6.07, 6.45) is 0.212. The van der Waals surface area contributed by atoms with E-state index < -0.39 is 0 Å². The number of nitrogen functional groups attached to an aromatic ring is 1. The summed E-state index contributed by atoms with van der Waals surface area (Å²) in [5.41, 5.74) is 11.5. The molecule has 6 aromatic rings. The van der Waals surface area contributed by atoms with Gasteiger partial charge in [0.2, 0.25) is 0 Å². The Labute approximate surface area is 288 Å². The highest BCUT2D eigenvalue weighted by Gasteiger charge is 2.13. The number of nitrogens with one attached hydrogen (secondary N) is 1. The molecule has 7 rings (SSSR count). The van der Waals surface area contributed by atoms with Crippen molar-refractivity contribution < 1.29 is 28.8 Å². The van der Waals surface area contributed by atoms with Crippen LogP contribution in [0.3, 0.4) is 0 Å². The van der Waals surface area contributed by atoms with E-state index in [9.17, 15) is 5.11 Å². The second-order valence-corrected chi connectivity index (χ2v) is 13.0. The van der Waals surface area contributed by atoms with Crippen LogP contribution in [-0.2, 0) is 14.2 Å². The van der Waals surface area contributed by atoms with Gasteiger partial charge in [0.15, 0.2) is 13.6 Å². The van der Waals surface area contributed by atoms with Gasteiger partial charge in [-0.2, -0.15) is 0 Å². The van der Waals surface area contributed by atoms with Crippen LogP contribution in [0.4, 0.5) is 11.4 Å². The predicted molar refractivity (Wildman–Crippen MR) is 195 cm³/mol. The summed E-state index contributed by atoms with van der Waals surface area (Å²) >= 11 is 3.26. The summed E-state index contributed by atoms with van der Waals surface area (Å²) in [6.45, 7) is 5.81. The molecule has 252 valence electrons. The van der Waals surface area contributed by atoms with Crippen molar-refractivity contribution >= 4 is 54.5 Å². The van der Waals surface area contributed by atoms with Crippen LogP contribution in [0.25, 0.3) is 41.6 Å². The van der Waals surface area contributed by atoms with E-state index in [1.165, 1.54) is 0 Å². The molecule has 12 heteroatoms. The molecule has 2 unspecified atom stereocenters. The number of hydrogen-bond acceptors (Lipinski definition) is 12. The lowest BCUT2D eigenvalue weighted by Gasteiger charge is -2.08.